The van der Waals surface area contributed by atoms with Crippen LogP contribution in [0.25, 0.3) is 11.1 Å². The zero-order chi connectivity index (χ0) is 15.6. The highest BCUT2D eigenvalue weighted by Crippen LogP contribution is 2.38. The fraction of sp³-hybridized carbons (Fsp3) is 0.133. The number of halogens is 3. The van der Waals surface area contributed by atoms with E-state index in [2.05, 4.69) is 4.74 Å². The van der Waals surface area contributed by atoms with Crippen LogP contribution < -0.4 is 4.74 Å². The number of ether oxygens (including phenoxy) is 1. The Morgan fingerprint density at radius 2 is 1.71 bits per heavy atom. The number of hydrogen-bond donors (Lipinski definition) is 1. The molecule has 2 rings (SSSR count). The van der Waals surface area contributed by atoms with E-state index < -0.39 is 18.1 Å². The van der Waals surface area contributed by atoms with Gasteiger partial charge < -0.3 is 9.84 Å². The van der Waals surface area contributed by atoms with Crippen molar-refractivity contribution in [1.29, 1.82) is 0 Å². The summed E-state index contributed by atoms with van der Waals surface area (Å²) in [4.78, 5) is 11.1. The van der Waals surface area contributed by atoms with Gasteiger partial charge in [-0.1, -0.05) is 30.3 Å². The molecule has 0 unspecified atom stereocenters. The Morgan fingerprint density at radius 1 is 1.10 bits per heavy atom. The van der Waals surface area contributed by atoms with Gasteiger partial charge in [-0.3, -0.25) is 0 Å². The van der Waals surface area contributed by atoms with Gasteiger partial charge in [0.1, 0.15) is 5.75 Å². The SMILES string of the molecule is Cc1c(C(=O)O)ccc(-c2ccccc2)c1OC(F)(F)F. The summed E-state index contributed by atoms with van der Waals surface area (Å²) in [5.74, 6) is -1.80. The fourth-order valence-electron chi connectivity index (χ4n) is 2.02. The number of carbonyl (C=O) groups is 1. The van der Waals surface area contributed by atoms with Gasteiger partial charge in [-0.15, -0.1) is 13.2 Å². The Labute approximate surface area is 118 Å². The second kappa shape index (κ2) is 5.47. The molecule has 2 aromatic rings. The molecule has 0 aromatic heterocycles. The topological polar surface area (TPSA) is 46.5 Å². The first-order valence-electron chi connectivity index (χ1n) is 5.97. The number of hydrogen-bond acceptors (Lipinski definition) is 2. The first kappa shape index (κ1) is 14.9. The van der Waals surface area contributed by atoms with E-state index in [0.717, 1.165) is 0 Å². The molecule has 6 heteroatoms. The summed E-state index contributed by atoms with van der Waals surface area (Å²) in [5.41, 5.74) is 0.405. The van der Waals surface area contributed by atoms with E-state index in [1.807, 2.05) is 0 Å². The third-order valence-corrected chi connectivity index (χ3v) is 2.94. The maximum atomic E-state index is 12.6. The minimum Gasteiger partial charge on any atom is -0.478 e. The number of rotatable bonds is 3. The monoisotopic (exact) mass is 296 g/mol. The molecule has 0 aliphatic rings. The summed E-state index contributed by atoms with van der Waals surface area (Å²) in [5, 5.41) is 9.01. The molecule has 0 saturated carbocycles. The third-order valence-electron chi connectivity index (χ3n) is 2.94. The molecule has 0 saturated heterocycles. The Balaban J connectivity index is 2.65. The van der Waals surface area contributed by atoms with Gasteiger partial charge in [0.15, 0.2) is 0 Å². The van der Waals surface area contributed by atoms with Crippen LogP contribution in [-0.4, -0.2) is 17.4 Å². The summed E-state index contributed by atoms with van der Waals surface area (Å²) < 4.78 is 41.8. The number of benzene rings is 2. The van der Waals surface area contributed by atoms with Crippen molar-refractivity contribution in [3.63, 3.8) is 0 Å². The quantitative estimate of drug-likeness (QED) is 0.920. The van der Waals surface area contributed by atoms with E-state index >= 15 is 0 Å². The average Bonchev–Trinajstić information content (AvgIpc) is 2.40. The van der Waals surface area contributed by atoms with Crippen LogP contribution >= 0.6 is 0 Å². The van der Waals surface area contributed by atoms with Gasteiger partial charge in [0.05, 0.1) is 5.56 Å². The number of alkyl halides is 3. The molecule has 0 spiro atoms. The molecule has 0 aliphatic heterocycles. The molecule has 110 valence electrons. The van der Waals surface area contributed by atoms with Crippen LogP contribution in [0.15, 0.2) is 42.5 Å². The Morgan fingerprint density at radius 3 is 2.24 bits per heavy atom. The molecule has 0 bridgehead atoms. The van der Waals surface area contributed by atoms with Crippen molar-refractivity contribution in [1.82, 2.24) is 0 Å². The van der Waals surface area contributed by atoms with Crippen molar-refractivity contribution in [2.45, 2.75) is 13.3 Å². The zero-order valence-corrected chi connectivity index (χ0v) is 10.9. The van der Waals surface area contributed by atoms with Crippen LogP contribution in [0, 0.1) is 6.92 Å². The predicted molar refractivity (Wildman–Crippen MR) is 70.3 cm³/mol. The van der Waals surface area contributed by atoms with E-state index in [9.17, 15) is 18.0 Å². The Bertz CT molecular complexity index is 664. The third kappa shape index (κ3) is 3.34. The molecule has 21 heavy (non-hydrogen) atoms. The minimum absolute atomic E-state index is 0.0684. The highest BCUT2D eigenvalue weighted by atomic mass is 19.4. The maximum absolute atomic E-state index is 12.6. The van der Waals surface area contributed by atoms with Crippen molar-refractivity contribution in [3.05, 3.63) is 53.6 Å². The number of carboxylic acids is 1. The number of carboxylic acid groups (broad SMARTS) is 1. The molecule has 3 nitrogen and oxygen atoms in total. The van der Waals surface area contributed by atoms with Crippen LogP contribution in [0.2, 0.25) is 0 Å². The molecule has 1 N–H and O–H groups in total. The van der Waals surface area contributed by atoms with E-state index in [4.69, 9.17) is 5.11 Å². The summed E-state index contributed by atoms with van der Waals surface area (Å²) in [6, 6.07) is 10.9. The molecule has 2 aromatic carbocycles. The molecule has 0 atom stereocenters. The van der Waals surface area contributed by atoms with Crippen LogP contribution in [0.5, 0.6) is 5.75 Å². The van der Waals surface area contributed by atoms with Crippen LogP contribution in [0.3, 0.4) is 0 Å². The van der Waals surface area contributed by atoms with Gasteiger partial charge in [-0.2, -0.15) is 0 Å². The molecule has 0 heterocycles. The lowest BCUT2D eigenvalue weighted by atomic mass is 9.98. The lowest BCUT2D eigenvalue weighted by Crippen LogP contribution is -2.19. The minimum atomic E-state index is -4.90. The predicted octanol–water partition coefficient (Wildman–Crippen LogP) is 4.26. The fourth-order valence-corrected chi connectivity index (χ4v) is 2.02. The van der Waals surface area contributed by atoms with Gasteiger partial charge >= 0.3 is 12.3 Å². The van der Waals surface area contributed by atoms with Crippen molar-refractivity contribution in [3.8, 4) is 16.9 Å². The van der Waals surface area contributed by atoms with Crippen molar-refractivity contribution in [2.24, 2.45) is 0 Å². The summed E-state index contributed by atoms with van der Waals surface area (Å²) in [6.07, 6.45) is -4.90. The smallest absolute Gasteiger partial charge is 0.478 e. The van der Waals surface area contributed by atoms with Gasteiger partial charge in [0.2, 0.25) is 0 Å². The standard InChI is InChI=1S/C15H11F3O3/c1-9-11(14(19)20)7-8-12(10-5-3-2-4-6-10)13(9)21-15(16,17)18/h2-8H,1H3,(H,19,20). The van der Waals surface area contributed by atoms with Crippen LogP contribution in [0.4, 0.5) is 13.2 Å². The molecular weight excluding hydrogens is 285 g/mol. The van der Waals surface area contributed by atoms with Gasteiger partial charge in [0.25, 0.3) is 0 Å². The van der Waals surface area contributed by atoms with Crippen LogP contribution in [0.1, 0.15) is 15.9 Å². The average molecular weight is 296 g/mol. The van der Waals surface area contributed by atoms with Gasteiger partial charge in [-0.05, 0) is 24.6 Å². The molecule has 0 fully saturated rings. The maximum Gasteiger partial charge on any atom is 0.573 e. The molecular formula is C15H11F3O3. The van der Waals surface area contributed by atoms with Crippen molar-refractivity contribution < 1.29 is 27.8 Å². The van der Waals surface area contributed by atoms with Gasteiger partial charge in [0, 0.05) is 11.1 Å². The van der Waals surface area contributed by atoms with Crippen molar-refractivity contribution >= 4 is 5.97 Å². The van der Waals surface area contributed by atoms with E-state index in [0.29, 0.717) is 5.56 Å². The summed E-state index contributed by atoms with van der Waals surface area (Å²) in [6.45, 7) is 1.29. The van der Waals surface area contributed by atoms with E-state index in [-0.39, 0.29) is 16.7 Å². The first-order valence-corrected chi connectivity index (χ1v) is 5.97. The molecule has 0 amide bonds. The van der Waals surface area contributed by atoms with E-state index in [1.54, 1.807) is 30.3 Å². The van der Waals surface area contributed by atoms with Crippen LogP contribution in [-0.2, 0) is 0 Å². The summed E-state index contributed by atoms with van der Waals surface area (Å²) in [7, 11) is 0. The Kier molecular flexibility index (Phi) is 3.88. The second-order valence-corrected chi connectivity index (χ2v) is 4.33. The van der Waals surface area contributed by atoms with E-state index in [1.165, 1.54) is 19.1 Å². The highest BCUT2D eigenvalue weighted by Gasteiger charge is 2.33. The lowest BCUT2D eigenvalue weighted by Gasteiger charge is -2.17. The molecule has 0 aliphatic carbocycles. The van der Waals surface area contributed by atoms with Crippen molar-refractivity contribution in [2.75, 3.05) is 0 Å². The zero-order valence-electron chi connectivity index (χ0n) is 10.9. The lowest BCUT2D eigenvalue weighted by molar-refractivity contribution is -0.274. The highest BCUT2D eigenvalue weighted by molar-refractivity contribution is 5.92. The second-order valence-electron chi connectivity index (χ2n) is 4.33. The largest absolute Gasteiger partial charge is 0.573 e. The molecule has 0 radical (unpaired) electrons. The first-order chi connectivity index (χ1) is 9.79. The number of aromatic carboxylic acids is 1. The Hall–Kier alpha value is -2.50. The van der Waals surface area contributed by atoms with Gasteiger partial charge in [-0.25, -0.2) is 4.79 Å². The summed E-state index contributed by atoms with van der Waals surface area (Å²) >= 11 is 0. The normalized spacial score (nSPS) is 11.2.